The summed E-state index contributed by atoms with van der Waals surface area (Å²) in [4.78, 5) is 12.4. The molecule has 2 aliphatic carbocycles. The number of carbonyl (C=O) groups excluding carboxylic acids is 1. The molecule has 3 rings (SSSR count). The van der Waals surface area contributed by atoms with Gasteiger partial charge in [-0.3, -0.25) is 4.79 Å². The van der Waals surface area contributed by atoms with Gasteiger partial charge < -0.3 is 5.32 Å². The van der Waals surface area contributed by atoms with Crippen LogP contribution in [0.3, 0.4) is 0 Å². The number of fused-ring (bicyclic) bond motifs is 2. The molecular weight excluding hydrogens is 315 g/mol. The van der Waals surface area contributed by atoms with Crippen molar-refractivity contribution in [2.75, 3.05) is 0 Å². The topological polar surface area (TPSA) is 29.1 Å². The van der Waals surface area contributed by atoms with Crippen molar-refractivity contribution in [3.05, 3.63) is 35.4 Å². The van der Waals surface area contributed by atoms with E-state index in [0.717, 1.165) is 25.0 Å². The Morgan fingerprint density at radius 2 is 2.00 bits per heavy atom. The van der Waals surface area contributed by atoms with Gasteiger partial charge in [-0.15, -0.1) is 0 Å². The van der Waals surface area contributed by atoms with Gasteiger partial charge in [0.1, 0.15) is 0 Å². The Morgan fingerprint density at radius 1 is 1.29 bits per heavy atom. The normalized spacial score (nSPS) is 31.2. The van der Waals surface area contributed by atoms with Crippen LogP contribution in [-0.2, 0) is 17.4 Å². The van der Waals surface area contributed by atoms with E-state index in [1.165, 1.54) is 12.5 Å². The minimum absolute atomic E-state index is 0.0123. The number of amides is 1. The van der Waals surface area contributed by atoms with Gasteiger partial charge in [0, 0.05) is 6.04 Å². The average Bonchev–Trinajstić information content (AvgIpc) is 2.80. The second kappa shape index (κ2) is 5.50. The van der Waals surface area contributed by atoms with E-state index in [1.54, 1.807) is 6.07 Å². The maximum atomic E-state index is 12.8. The van der Waals surface area contributed by atoms with Gasteiger partial charge >= 0.3 is 6.18 Å². The highest BCUT2D eigenvalue weighted by atomic mass is 19.4. The molecule has 1 amide bonds. The van der Waals surface area contributed by atoms with Gasteiger partial charge in [-0.1, -0.05) is 39.0 Å². The van der Waals surface area contributed by atoms with E-state index in [0.29, 0.717) is 11.5 Å². The predicted octanol–water partition coefficient (Wildman–Crippen LogP) is 4.58. The Balaban J connectivity index is 1.67. The molecule has 0 spiro atoms. The zero-order chi connectivity index (χ0) is 17.8. The molecule has 2 saturated carbocycles. The summed E-state index contributed by atoms with van der Waals surface area (Å²) in [5.74, 6) is 0.422. The Morgan fingerprint density at radius 3 is 2.54 bits per heavy atom. The van der Waals surface area contributed by atoms with Crippen LogP contribution in [0.2, 0.25) is 0 Å². The Hall–Kier alpha value is -1.52. The van der Waals surface area contributed by atoms with Crippen molar-refractivity contribution in [1.82, 2.24) is 5.32 Å². The molecule has 0 aromatic heterocycles. The lowest BCUT2D eigenvalue weighted by Crippen LogP contribution is -2.47. The molecule has 3 atom stereocenters. The first kappa shape index (κ1) is 17.3. The maximum Gasteiger partial charge on any atom is 0.416 e. The predicted molar refractivity (Wildman–Crippen MR) is 86.3 cm³/mol. The van der Waals surface area contributed by atoms with Crippen molar-refractivity contribution >= 4 is 5.91 Å². The minimum Gasteiger partial charge on any atom is -0.353 e. The first-order chi connectivity index (χ1) is 11.0. The summed E-state index contributed by atoms with van der Waals surface area (Å²) in [6.45, 7) is 6.77. The minimum atomic E-state index is -4.38. The summed E-state index contributed by atoms with van der Waals surface area (Å²) in [6.07, 6.45) is -1.13. The van der Waals surface area contributed by atoms with E-state index in [4.69, 9.17) is 0 Å². The quantitative estimate of drug-likeness (QED) is 0.858. The number of rotatable bonds is 3. The molecule has 0 radical (unpaired) electrons. The maximum absolute atomic E-state index is 12.8. The lowest BCUT2D eigenvalue weighted by atomic mass is 9.69. The number of hydrogen-bond donors (Lipinski definition) is 1. The highest BCUT2D eigenvalue weighted by molar-refractivity contribution is 5.79. The van der Waals surface area contributed by atoms with Gasteiger partial charge in [-0.25, -0.2) is 0 Å². The standard InChI is InChI=1S/C19H24F3NO/c1-17(2)13-7-8-18(17,3)15(11-13)23-16(24)10-12-5-4-6-14(9-12)19(20,21)22/h4-6,9,13,15H,7-8,10-11H2,1-3H3,(H,23,24)/t13-,15+,18-/m0/s1. The Kier molecular flexibility index (Phi) is 3.97. The van der Waals surface area contributed by atoms with Crippen LogP contribution in [0, 0.1) is 16.7 Å². The summed E-state index contributed by atoms with van der Waals surface area (Å²) in [7, 11) is 0. The lowest BCUT2D eigenvalue weighted by molar-refractivity contribution is -0.137. The smallest absolute Gasteiger partial charge is 0.353 e. The average molecular weight is 339 g/mol. The molecule has 2 bridgehead atoms. The van der Waals surface area contributed by atoms with Crippen molar-refractivity contribution < 1.29 is 18.0 Å². The van der Waals surface area contributed by atoms with E-state index >= 15 is 0 Å². The van der Waals surface area contributed by atoms with Crippen molar-refractivity contribution in [2.24, 2.45) is 16.7 Å². The fraction of sp³-hybridized carbons (Fsp3) is 0.632. The second-order valence-corrected chi connectivity index (χ2v) is 8.11. The third-order valence-electron chi connectivity index (χ3n) is 6.75. The zero-order valence-electron chi connectivity index (χ0n) is 14.3. The van der Waals surface area contributed by atoms with Crippen LogP contribution < -0.4 is 5.32 Å². The number of benzene rings is 1. The van der Waals surface area contributed by atoms with Gasteiger partial charge in [0.25, 0.3) is 0 Å². The SMILES string of the molecule is CC1(C)[C@H]2CC[C@@]1(C)[C@H](NC(=O)Cc1cccc(C(F)(F)F)c1)C2. The Labute approximate surface area is 140 Å². The molecule has 2 aliphatic rings. The molecule has 2 nitrogen and oxygen atoms in total. The van der Waals surface area contributed by atoms with Crippen LogP contribution in [0.1, 0.15) is 51.2 Å². The number of nitrogens with one attached hydrogen (secondary N) is 1. The fourth-order valence-electron chi connectivity index (χ4n) is 4.71. The monoisotopic (exact) mass is 339 g/mol. The zero-order valence-corrected chi connectivity index (χ0v) is 14.3. The van der Waals surface area contributed by atoms with Crippen LogP contribution in [0.5, 0.6) is 0 Å². The van der Waals surface area contributed by atoms with Crippen LogP contribution in [0.4, 0.5) is 13.2 Å². The first-order valence-corrected chi connectivity index (χ1v) is 8.49. The molecule has 5 heteroatoms. The van der Waals surface area contributed by atoms with E-state index in [2.05, 4.69) is 26.1 Å². The molecule has 0 saturated heterocycles. The largest absolute Gasteiger partial charge is 0.416 e. The number of alkyl halides is 3. The van der Waals surface area contributed by atoms with Crippen molar-refractivity contribution in [3.8, 4) is 0 Å². The van der Waals surface area contributed by atoms with E-state index in [9.17, 15) is 18.0 Å². The summed E-state index contributed by atoms with van der Waals surface area (Å²) in [5, 5.41) is 3.09. The van der Waals surface area contributed by atoms with Crippen LogP contribution in [0.15, 0.2) is 24.3 Å². The molecule has 1 aromatic rings. The molecule has 1 N–H and O–H groups in total. The number of hydrogen-bond acceptors (Lipinski definition) is 1. The number of halogens is 3. The van der Waals surface area contributed by atoms with E-state index in [-0.39, 0.29) is 29.2 Å². The fourth-order valence-corrected chi connectivity index (χ4v) is 4.71. The molecule has 0 heterocycles. The van der Waals surface area contributed by atoms with E-state index in [1.807, 2.05) is 0 Å². The number of carbonyl (C=O) groups is 1. The summed E-state index contributed by atoms with van der Waals surface area (Å²) < 4.78 is 38.3. The van der Waals surface area contributed by atoms with Crippen LogP contribution in [0.25, 0.3) is 0 Å². The van der Waals surface area contributed by atoms with Gasteiger partial charge in [0.2, 0.25) is 5.91 Å². The van der Waals surface area contributed by atoms with Gasteiger partial charge in [0.15, 0.2) is 0 Å². The molecule has 1 aromatic carbocycles. The lowest BCUT2D eigenvalue weighted by Gasteiger charge is -2.39. The summed E-state index contributed by atoms with van der Waals surface area (Å²) in [6, 6.07) is 5.13. The van der Waals surface area contributed by atoms with Crippen molar-refractivity contribution in [3.63, 3.8) is 0 Å². The second-order valence-electron chi connectivity index (χ2n) is 8.11. The van der Waals surface area contributed by atoms with Gasteiger partial charge in [0.05, 0.1) is 12.0 Å². The van der Waals surface area contributed by atoms with E-state index < -0.39 is 11.7 Å². The van der Waals surface area contributed by atoms with Gasteiger partial charge in [-0.2, -0.15) is 13.2 Å². The molecule has 2 fully saturated rings. The molecule has 132 valence electrons. The Bertz CT molecular complexity index is 652. The summed E-state index contributed by atoms with van der Waals surface area (Å²) >= 11 is 0. The third-order valence-corrected chi connectivity index (χ3v) is 6.75. The molecular formula is C19H24F3NO. The van der Waals surface area contributed by atoms with Crippen molar-refractivity contribution in [1.29, 1.82) is 0 Å². The first-order valence-electron chi connectivity index (χ1n) is 8.49. The summed E-state index contributed by atoms with van der Waals surface area (Å²) in [5.41, 5.74) is -0.0434. The highest BCUT2D eigenvalue weighted by Gasteiger charge is 2.61. The molecule has 0 unspecified atom stereocenters. The van der Waals surface area contributed by atoms with Gasteiger partial charge in [-0.05, 0) is 47.6 Å². The van der Waals surface area contributed by atoms with Crippen molar-refractivity contribution in [2.45, 2.75) is 58.7 Å². The van der Waals surface area contributed by atoms with Crippen LogP contribution in [-0.4, -0.2) is 11.9 Å². The molecule has 0 aliphatic heterocycles. The third kappa shape index (κ3) is 2.72. The highest BCUT2D eigenvalue weighted by Crippen LogP contribution is 2.65. The molecule has 24 heavy (non-hydrogen) atoms. The van der Waals surface area contributed by atoms with Crippen LogP contribution >= 0.6 is 0 Å².